The van der Waals surface area contributed by atoms with Crippen LogP contribution in [0.15, 0.2) is 46.8 Å². The van der Waals surface area contributed by atoms with E-state index in [1.165, 1.54) is 23.1 Å². The molecule has 0 saturated heterocycles. The van der Waals surface area contributed by atoms with E-state index >= 15 is 0 Å². The zero-order chi connectivity index (χ0) is 24.1. The van der Waals surface area contributed by atoms with Gasteiger partial charge in [-0.1, -0.05) is 36.7 Å². The minimum absolute atomic E-state index is 0.165. The standard InChI is InChI=1S/C24H25N3O5S2/c1-32-19-9-5-4-8-17(19)26-21(28)13-33-24-27-18-11-10-14(12-20(18)34-24)25-22(29)15-6-2-3-7-16(15)23(30)31/h4-5,8-12,15-16H,2-3,6-7,13H2,1H3,(H,25,29)(H,26,28)(H,30,31)/t15-,16-/m0/s1. The van der Waals surface area contributed by atoms with E-state index in [0.717, 1.165) is 27.4 Å². The Bertz CT molecular complexity index is 1210. The highest BCUT2D eigenvalue weighted by molar-refractivity contribution is 8.01. The summed E-state index contributed by atoms with van der Waals surface area (Å²) < 4.78 is 6.87. The molecule has 34 heavy (non-hydrogen) atoms. The van der Waals surface area contributed by atoms with Gasteiger partial charge in [-0.25, -0.2) is 4.98 Å². The van der Waals surface area contributed by atoms with Gasteiger partial charge in [-0.3, -0.25) is 14.4 Å². The van der Waals surface area contributed by atoms with Gasteiger partial charge in [0.1, 0.15) is 5.75 Å². The summed E-state index contributed by atoms with van der Waals surface area (Å²) in [6.45, 7) is 0. The number of methoxy groups -OCH3 is 1. The van der Waals surface area contributed by atoms with Crippen molar-refractivity contribution in [3.63, 3.8) is 0 Å². The van der Waals surface area contributed by atoms with Gasteiger partial charge in [0.15, 0.2) is 4.34 Å². The number of aliphatic carboxylic acids is 1. The number of rotatable bonds is 8. The number of carboxylic acids is 1. The molecule has 3 N–H and O–H groups in total. The number of ether oxygens (including phenoxy) is 1. The van der Waals surface area contributed by atoms with Gasteiger partial charge < -0.3 is 20.5 Å². The van der Waals surface area contributed by atoms with Crippen molar-refractivity contribution in [1.29, 1.82) is 0 Å². The smallest absolute Gasteiger partial charge is 0.307 e. The lowest BCUT2D eigenvalue weighted by Crippen LogP contribution is -2.36. The van der Waals surface area contributed by atoms with E-state index < -0.39 is 17.8 Å². The highest BCUT2D eigenvalue weighted by atomic mass is 32.2. The summed E-state index contributed by atoms with van der Waals surface area (Å²) >= 11 is 2.77. The van der Waals surface area contributed by atoms with Crippen LogP contribution in [0.2, 0.25) is 0 Å². The number of hydrogen-bond acceptors (Lipinski definition) is 7. The largest absolute Gasteiger partial charge is 0.495 e. The molecule has 0 unspecified atom stereocenters. The van der Waals surface area contributed by atoms with Crippen molar-refractivity contribution >= 4 is 62.5 Å². The Morgan fingerprint density at radius 1 is 1.12 bits per heavy atom. The first-order valence-electron chi connectivity index (χ1n) is 10.9. The average Bonchev–Trinajstić information content (AvgIpc) is 3.25. The summed E-state index contributed by atoms with van der Waals surface area (Å²) in [5.74, 6) is -1.69. The predicted octanol–water partition coefficient (Wildman–Crippen LogP) is 4.87. The average molecular weight is 500 g/mol. The summed E-state index contributed by atoms with van der Waals surface area (Å²) in [6, 6.07) is 12.6. The highest BCUT2D eigenvalue weighted by Gasteiger charge is 2.35. The Hall–Kier alpha value is -3.11. The first kappa shape index (κ1) is 24.0. The SMILES string of the molecule is COc1ccccc1NC(=O)CSc1nc2ccc(NC(=O)[C@H]3CCCC[C@@H]3C(=O)O)cc2s1. The molecular weight excluding hydrogens is 474 g/mol. The predicted molar refractivity (Wildman–Crippen MR) is 134 cm³/mol. The third-order valence-electron chi connectivity index (χ3n) is 5.76. The molecule has 1 aliphatic carbocycles. The summed E-state index contributed by atoms with van der Waals surface area (Å²) in [5.41, 5.74) is 2.00. The molecule has 0 radical (unpaired) electrons. The van der Waals surface area contributed by atoms with Crippen molar-refractivity contribution in [2.45, 2.75) is 30.0 Å². The van der Waals surface area contributed by atoms with Gasteiger partial charge in [0.05, 0.1) is 40.6 Å². The Balaban J connectivity index is 1.37. The van der Waals surface area contributed by atoms with Crippen molar-refractivity contribution in [3.05, 3.63) is 42.5 Å². The molecule has 178 valence electrons. The van der Waals surface area contributed by atoms with Crippen LogP contribution in [0.3, 0.4) is 0 Å². The van der Waals surface area contributed by atoms with Gasteiger partial charge in [-0.2, -0.15) is 0 Å². The maximum atomic E-state index is 12.8. The number of nitrogens with zero attached hydrogens (tertiary/aromatic N) is 1. The lowest BCUT2D eigenvalue weighted by atomic mass is 9.78. The number of benzene rings is 2. The maximum absolute atomic E-state index is 12.8. The highest BCUT2D eigenvalue weighted by Crippen LogP contribution is 2.34. The topological polar surface area (TPSA) is 118 Å². The van der Waals surface area contributed by atoms with Crippen molar-refractivity contribution in [2.24, 2.45) is 11.8 Å². The number of amides is 2. The van der Waals surface area contributed by atoms with Crippen LogP contribution >= 0.6 is 23.1 Å². The van der Waals surface area contributed by atoms with Crippen LogP contribution in [-0.2, 0) is 14.4 Å². The van der Waals surface area contributed by atoms with Gasteiger partial charge in [-0.15, -0.1) is 11.3 Å². The van der Waals surface area contributed by atoms with E-state index in [-0.39, 0.29) is 17.6 Å². The maximum Gasteiger partial charge on any atom is 0.307 e. The third-order valence-corrected chi connectivity index (χ3v) is 7.93. The second kappa shape index (κ2) is 10.9. The number of nitrogens with one attached hydrogen (secondary N) is 2. The summed E-state index contributed by atoms with van der Waals surface area (Å²) in [6.07, 6.45) is 2.82. The van der Waals surface area contributed by atoms with E-state index in [0.29, 0.717) is 30.0 Å². The minimum atomic E-state index is -0.908. The lowest BCUT2D eigenvalue weighted by Gasteiger charge is -2.27. The van der Waals surface area contributed by atoms with Gasteiger partial charge in [0, 0.05) is 5.69 Å². The van der Waals surface area contributed by atoms with Gasteiger partial charge in [0.2, 0.25) is 11.8 Å². The number of para-hydroxylation sites is 2. The molecule has 1 saturated carbocycles. The van der Waals surface area contributed by atoms with E-state index in [2.05, 4.69) is 15.6 Å². The first-order chi connectivity index (χ1) is 16.4. The van der Waals surface area contributed by atoms with Crippen LogP contribution in [-0.4, -0.2) is 40.7 Å². The van der Waals surface area contributed by atoms with Crippen LogP contribution < -0.4 is 15.4 Å². The second-order valence-electron chi connectivity index (χ2n) is 8.02. The Kier molecular flexibility index (Phi) is 7.69. The van der Waals surface area contributed by atoms with Crippen molar-refractivity contribution in [3.8, 4) is 5.75 Å². The van der Waals surface area contributed by atoms with Crippen molar-refractivity contribution in [1.82, 2.24) is 4.98 Å². The molecule has 0 aliphatic heterocycles. The summed E-state index contributed by atoms with van der Waals surface area (Å²) in [5, 5.41) is 15.2. The van der Waals surface area contributed by atoms with Crippen molar-refractivity contribution in [2.75, 3.05) is 23.5 Å². The molecule has 2 amide bonds. The number of thioether (sulfide) groups is 1. The van der Waals surface area contributed by atoms with Crippen LogP contribution in [0.4, 0.5) is 11.4 Å². The Labute approximate surface area is 205 Å². The molecule has 3 aromatic rings. The van der Waals surface area contributed by atoms with Crippen LogP contribution in [0, 0.1) is 11.8 Å². The van der Waals surface area contributed by atoms with E-state index in [4.69, 9.17) is 4.74 Å². The normalized spacial score (nSPS) is 17.8. The van der Waals surface area contributed by atoms with Gasteiger partial charge in [0.25, 0.3) is 0 Å². The lowest BCUT2D eigenvalue weighted by molar-refractivity contribution is -0.147. The molecule has 0 spiro atoms. The molecule has 8 nitrogen and oxygen atoms in total. The number of carbonyl (C=O) groups excluding carboxylic acids is 2. The second-order valence-corrected chi connectivity index (χ2v) is 10.3. The molecule has 2 atom stereocenters. The molecule has 0 bridgehead atoms. The number of fused-ring (bicyclic) bond motifs is 1. The Morgan fingerprint density at radius 2 is 1.88 bits per heavy atom. The monoisotopic (exact) mass is 499 g/mol. The number of carbonyl (C=O) groups is 3. The van der Waals surface area contributed by atoms with Gasteiger partial charge >= 0.3 is 5.97 Å². The molecular formula is C24H25N3O5S2. The number of aromatic nitrogens is 1. The molecule has 1 heterocycles. The summed E-state index contributed by atoms with van der Waals surface area (Å²) in [7, 11) is 1.55. The fourth-order valence-corrected chi connectivity index (χ4v) is 5.99. The van der Waals surface area contributed by atoms with E-state index in [1.807, 2.05) is 24.3 Å². The van der Waals surface area contributed by atoms with Gasteiger partial charge in [-0.05, 0) is 43.2 Å². The van der Waals surface area contributed by atoms with Crippen LogP contribution in [0.1, 0.15) is 25.7 Å². The van der Waals surface area contributed by atoms with Crippen LogP contribution in [0.25, 0.3) is 10.2 Å². The first-order valence-corrected chi connectivity index (χ1v) is 12.7. The molecule has 1 aliphatic rings. The quantitative estimate of drug-likeness (QED) is 0.379. The molecule has 4 rings (SSSR count). The molecule has 2 aromatic carbocycles. The Morgan fingerprint density at radius 3 is 2.65 bits per heavy atom. The third kappa shape index (κ3) is 5.68. The number of thiazole rings is 1. The molecule has 1 aromatic heterocycles. The number of anilines is 2. The molecule has 1 fully saturated rings. The molecule has 10 heteroatoms. The minimum Gasteiger partial charge on any atom is -0.495 e. The fourth-order valence-electron chi connectivity index (χ4n) is 4.08. The van der Waals surface area contributed by atoms with E-state index in [1.54, 1.807) is 25.3 Å². The van der Waals surface area contributed by atoms with Crippen molar-refractivity contribution < 1.29 is 24.2 Å². The fraction of sp³-hybridized carbons (Fsp3) is 0.333. The van der Waals surface area contributed by atoms with E-state index in [9.17, 15) is 19.5 Å². The zero-order valence-corrected chi connectivity index (χ0v) is 20.2. The number of carboxylic acid groups (broad SMARTS) is 1. The zero-order valence-electron chi connectivity index (χ0n) is 18.6. The van der Waals surface area contributed by atoms with Crippen LogP contribution in [0.5, 0.6) is 5.75 Å². The summed E-state index contributed by atoms with van der Waals surface area (Å²) in [4.78, 5) is 41.2. The number of hydrogen-bond donors (Lipinski definition) is 3.